The van der Waals surface area contributed by atoms with Gasteiger partial charge in [0.25, 0.3) is 5.91 Å². The molecule has 0 unspecified atom stereocenters. The molecule has 3 aliphatic rings. The van der Waals surface area contributed by atoms with E-state index < -0.39 is 5.82 Å². The third-order valence-electron chi connectivity index (χ3n) is 8.35. The van der Waals surface area contributed by atoms with Gasteiger partial charge in [-0.05, 0) is 76.6 Å². The van der Waals surface area contributed by atoms with Crippen LogP contribution in [0.4, 0.5) is 10.2 Å². The molecule has 9 heteroatoms. The van der Waals surface area contributed by atoms with Crippen molar-refractivity contribution < 1.29 is 19.0 Å². The van der Waals surface area contributed by atoms with Crippen LogP contribution in [0.1, 0.15) is 56.3 Å². The van der Waals surface area contributed by atoms with Crippen LogP contribution in [0.15, 0.2) is 30.7 Å². The van der Waals surface area contributed by atoms with Gasteiger partial charge >= 0.3 is 0 Å². The number of benzene rings is 1. The van der Waals surface area contributed by atoms with Gasteiger partial charge in [0, 0.05) is 44.7 Å². The highest BCUT2D eigenvalue weighted by atomic mass is 19.1. The van der Waals surface area contributed by atoms with Gasteiger partial charge < -0.3 is 24.5 Å². The first-order valence-corrected chi connectivity index (χ1v) is 13.4. The fourth-order valence-electron chi connectivity index (χ4n) is 5.97. The molecule has 2 aromatic rings. The fourth-order valence-corrected chi connectivity index (χ4v) is 5.97. The average molecular weight is 512 g/mol. The molecule has 1 aromatic heterocycles. The molecule has 0 bridgehead atoms. The molecule has 3 heterocycles. The number of aliphatic hydroxyl groups is 1. The molecule has 2 aliphatic heterocycles. The number of hydrogen-bond acceptors (Lipinski definition) is 7. The summed E-state index contributed by atoms with van der Waals surface area (Å²) in [6.07, 6.45) is 8.29. The van der Waals surface area contributed by atoms with Crippen LogP contribution >= 0.6 is 0 Å². The fraction of sp³-hybridized carbons (Fsp3) is 0.607. The molecule has 8 nitrogen and oxygen atoms in total. The van der Waals surface area contributed by atoms with Gasteiger partial charge in [0.1, 0.15) is 17.9 Å². The summed E-state index contributed by atoms with van der Waals surface area (Å²) in [4.78, 5) is 28.0. The maximum Gasteiger partial charge on any atom is 0.257 e. The molecule has 2 saturated heterocycles. The normalized spacial score (nSPS) is 23.4. The number of aliphatic hydroxyl groups excluding tert-OH is 1. The number of nitrogens with zero attached hydrogens (tertiary/aromatic N) is 5. The molecular weight excluding hydrogens is 473 g/mol. The number of carbonyl (C=O) groups excluding carboxylic acids is 1. The minimum absolute atomic E-state index is 0.0350. The van der Waals surface area contributed by atoms with Crippen LogP contribution < -0.4 is 9.64 Å². The first-order valence-electron chi connectivity index (χ1n) is 13.4. The summed E-state index contributed by atoms with van der Waals surface area (Å²) in [7, 11) is 1.70. The van der Waals surface area contributed by atoms with Crippen LogP contribution in [0.2, 0.25) is 0 Å². The minimum atomic E-state index is -0.489. The van der Waals surface area contributed by atoms with Crippen molar-refractivity contribution in [1.29, 1.82) is 0 Å². The van der Waals surface area contributed by atoms with E-state index in [0.717, 1.165) is 64.8 Å². The Bertz CT molecular complexity index is 1110. The zero-order chi connectivity index (χ0) is 26.2. The number of ether oxygens (including phenoxy) is 1. The van der Waals surface area contributed by atoms with Crippen LogP contribution in [-0.2, 0) is 0 Å². The molecule has 1 N–H and O–H groups in total. The Morgan fingerprint density at radius 1 is 1.22 bits per heavy atom. The van der Waals surface area contributed by atoms with E-state index in [1.54, 1.807) is 18.1 Å². The van der Waals surface area contributed by atoms with Crippen molar-refractivity contribution in [3.63, 3.8) is 0 Å². The Hall–Kier alpha value is -2.78. The van der Waals surface area contributed by atoms with Crippen molar-refractivity contribution in [2.75, 3.05) is 44.7 Å². The highest BCUT2D eigenvalue weighted by molar-refractivity contribution is 5.97. The zero-order valence-corrected chi connectivity index (χ0v) is 22.1. The van der Waals surface area contributed by atoms with E-state index in [2.05, 4.69) is 19.8 Å². The maximum absolute atomic E-state index is 14.1. The third-order valence-corrected chi connectivity index (χ3v) is 8.35. The summed E-state index contributed by atoms with van der Waals surface area (Å²) in [5, 5.41) is 9.80. The molecule has 1 amide bonds. The molecule has 0 atom stereocenters. The smallest absolute Gasteiger partial charge is 0.257 e. The molecule has 200 valence electrons. The number of likely N-dealkylation sites (tertiary alicyclic amines) is 1. The number of halogens is 1. The van der Waals surface area contributed by atoms with Gasteiger partial charge in [0.05, 0.1) is 17.9 Å². The van der Waals surface area contributed by atoms with Crippen LogP contribution in [0.3, 0.4) is 0 Å². The Balaban J connectivity index is 1.25. The summed E-state index contributed by atoms with van der Waals surface area (Å²) in [5.41, 5.74) is 0.431. The second-order valence-corrected chi connectivity index (χ2v) is 11.5. The minimum Gasteiger partial charge on any atom is -0.451 e. The predicted octanol–water partition coefficient (Wildman–Crippen LogP) is 3.95. The van der Waals surface area contributed by atoms with Gasteiger partial charge in [0.2, 0.25) is 0 Å². The lowest BCUT2D eigenvalue weighted by atomic mass is 9.79. The number of amides is 1. The van der Waals surface area contributed by atoms with Gasteiger partial charge in [-0.15, -0.1) is 0 Å². The topological polar surface area (TPSA) is 82.0 Å². The van der Waals surface area contributed by atoms with Crippen molar-refractivity contribution in [1.82, 2.24) is 19.8 Å². The highest BCUT2D eigenvalue weighted by Gasteiger charge is 2.49. The summed E-state index contributed by atoms with van der Waals surface area (Å²) >= 11 is 0. The molecule has 3 fully saturated rings. The average Bonchev–Trinajstić information content (AvgIpc) is 3.29. The molecular formula is C28H38FN5O3. The lowest BCUT2D eigenvalue weighted by Crippen LogP contribution is -2.58. The summed E-state index contributed by atoms with van der Waals surface area (Å²) in [6.45, 7) is 8.93. The van der Waals surface area contributed by atoms with Crippen LogP contribution in [0.5, 0.6) is 11.5 Å². The van der Waals surface area contributed by atoms with E-state index in [0.29, 0.717) is 17.5 Å². The Labute approximate surface area is 218 Å². The third kappa shape index (κ3) is 5.57. The Kier molecular flexibility index (Phi) is 7.36. The van der Waals surface area contributed by atoms with Crippen LogP contribution in [-0.4, -0.2) is 82.7 Å². The monoisotopic (exact) mass is 511 g/mol. The maximum atomic E-state index is 14.1. The molecule has 1 saturated carbocycles. The first-order chi connectivity index (χ1) is 17.7. The molecule has 1 spiro atoms. The van der Waals surface area contributed by atoms with Gasteiger partial charge in [-0.1, -0.05) is 0 Å². The van der Waals surface area contributed by atoms with E-state index in [1.807, 2.05) is 13.8 Å². The van der Waals surface area contributed by atoms with Crippen LogP contribution in [0, 0.1) is 17.2 Å². The number of rotatable bonds is 7. The summed E-state index contributed by atoms with van der Waals surface area (Å²) < 4.78 is 20.2. The Morgan fingerprint density at radius 3 is 2.70 bits per heavy atom. The van der Waals surface area contributed by atoms with E-state index in [1.165, 1.54) is 24.5 Å². The standard InChI is InChI=1S/C28H38FN5O3/c1-19(2)32(3)27(36)23-12-21(29)6-9-24(23)37-25-13-30-18-31-26(25)34-16-28(17-34)10-11-33(15-28)14-20-4-7-22(35)8-5-20/h6,9,12-13,18-20,22,35H,4-5,7-8,10-11,14-17H2,1-3H3. The quantitative estimate of drug-likeness (QED) is 0.603. The number of carbonyl (C=O) groups is 1. The molecule has 1 aromatic carbocycles. The molecule has 37 heavy (non-hydrogen) atoms. The van der Waals surface area contributed by atoms with Gasteiger partial charge in [0.15, 0.2) is 11.6 Å². The second kappa shape index (κ2) is 10.5. The molecule has 1 aliphatic carbocycles. The Morgan fingerprint density at radius 2 is 1.97 bits per heavy atom. The SMILES string of the molecule is CC(C)N(C)C(=O)c1cc(F)ccc1Oc1cncnc1N1CC2(CCN(CC3CCC(O)CC3)C2)C1. The second-order valence-electron chi connectivity index (χ2n) is 11.5. The van der Waals surface area contributed by atoms with Gasteiger partial charge in [-0.3, -0.25) is 4.79 Å². The lowest BCUT2D eigenvalue weighted by Gasteiger charge is -2.49. The van der Waals surface area contributed by atoms with Crippen molar-refractivity contribution >= 4 is 11.7 Å². The van der Waals surface area contributed by atoms with E-state index in [-0.39, 0.29) is 34.8 Å². The van der Waals surface area contributed by atoms with Gasteiger partial charge in [-0.25, -0.2) is 14.4 Å². The largest absolute Gasteiger partial charge is 0.451 e. The van der Waals surface area contributed by atoms with E-state index >= 15 is 0 Å². The first kappa shape index (κ1) is 25.9. The van der Waals surface area contributed by atoms with E-state index in [4.69, 9.17) is 4.74 Å². The molecule has 0 radical (unpaired) electrons. The van der Waals surface area contributed by atoms with Crippen molar-refractivity contribution in [2.24, 2.45) is 11.3 Å². The highest BCUT2D eigenvalue weighted by Crippen LogP contribution is 2.44. The van der Waals surface area contributed by atoms with Crippen molar-refractivity contribution in [2.45, 2.75) is 58.1 Å². The predicted molar refractivity (Wildman–Crippen MR) is 139 cm³/mol. The number of aromatic nitrogens is 2. The molecule has 5 rings (SSSR count). The van der Waals surface area contributed by atoms with E-state index in [9.17, 15) is 14.3 Å². The zero-order valence-electron chi connectivity index (χ0n) is 22.1. The van der Waals surface area contributed by atoms with Gasteiger partial charge in [-0.2, -0.15) is 0 Å². The number of hydrogen-bond donors (Lipinski definition) is 1. The lowest BCUT2D eigenvalue weighted by molar-refractivity contribution is 0.0751. The summed E-state index contributed by atoms with van der Waals surface area (Å²) in [5.74, 6) is 1.34. The van der Waals surface area contributed by atoms with Crippen molar-refractivity contribution in [3.8, 4) is 11.5 Å². The van der Waals surface area contributed by atoms with Crippen LogP contribution in [0.25, 0.3) is 0 Å². The number of anilines is 1. The summed E-state index contributed by atoms with van der Waals surface area (Å²) in [6, 6.07) is 3.97. The van der Waals surface area contributed by atoms with Crippen molar-refractivity contribution in [3.05, 3.63) is 42.1 Å².